The van der Waals surface area contributed by atoms with Crippen molar-refractivity contribution in [3.05, 3.63) is 65.5 Å². The number of hydrogen-bond donors (Lipinski definition) is 0. The standard InChI is InChI=1S/C32H33F3N8O3/c1-31(2)22-13-36-26(24-25(19-9-10-19)37-17-38-29(24)45-4)40-28(22)43(30(44)46-31)14-18-5-7-20(8-6-18)27-39-23(32(33,34)35)16-42(27)21-11-12-41(3)15-21/h5-8,13,16-17,19,21H,9-12,14-15H2,1-4H3. The average Bonchev–Trinajstić information content (AvgIpc) is 3.62. The Morgan fingerprint density at radius 2 is 1.83 bits per heavy atom. The SMILES string of the molecule is COc1ncnc(C2CC2)c1-c1ncc2c(n1)N(Cc1ccc(-c3nc(C(F)(F)F)cn3C3CCN(C)C3)cc1)C(=O)OC2(C)C. The van der Waals surface area contributed by atoms with Gasteiger partial charge in [-0.1, -0.05) is 24.3 Å². The molecule has 1 saturated carbocycles. The van der Waals surface area contributed by atoms with Crippen molar-refractivity contribution >= 4 is 11.9 Å². The van der Waals surface area contributed by atoms with E-state index in [1.165, 1.54) is 18.3 Å². The van der Waals surface area contributed by atoms with Crippen LogP contribution in [0.15, 0.2) is 43.0 Å². The smallest absolute Gasteiger partial charge is 0.434 e. The highest BCUT2D eigenvalue weighted by molar-refractivity contribution is 5.90. The average molecular weight is 635 g/mol. The zero-order valence-electron chi connectivity index (χ0n) is 25.9. The van der Waals surface area contributed by atoms with Crippen molar-refractivity contribution in [3.63, 3.8) is 0 Å². The third kappa shape index (κ3) is 5.44. The van der Waals surface area contributed by atoms with Gasteiger partial charge < -0.3 is 18.9 Å². The summed E-state index contributed by atoms with van der Waals surface area (Å²) in [5.41, 5.74) is 1.40. The molecule has 2 fully saturated rings. The summed E-state index contributed by atoms with van der Waals surface area (Å²) in [6, 6.07) is 6.89. The second-order valence-electron chi connectivity index (χ2n) is 12.6. The summed E-state index contributed by atoms with van der Waals surface area (Å²) in [5, 5.41) is 0. The lowest BCUT2D eigenvalue weighted by Gasteiger charge is -2.37. The molecule has 1 atom stereocenters. The van der Waals surface area contributed by atoms with Gasteiger partial charge in [-0.05, 0) is 52.3 Å². The Hall–Kier alpha value is -4.59. The predicted octanol–water partition coefficient (Wildman–Crippen LogP) is 5.97. The topological polar surface area (TPSA) is 111 Å². The van der Waals surface area contributed by atoms with Crippen LogP contribution in [-0.4, -0.2) is 67.7 Å². The molecule has 0 N–H and O–H groups in total. The fraction of sp³-hybridized carbons (Fsp3) is 0.438. The van der Waals surface area contributed by atoms with Gasteiger partial charge in [0, 0.05) is 36.5 Å². The predicted molar refractivity (Wildman–Crippen MR) is 161 cm³/mol. The molecule has 0 bridgehead atoms. The molecule has 14 heteroatoms. The number of imidazole rings is 1. The van der Waals surface area contributed by atoms with Gasteiger partial charge in [0.25, 0.3) is 0 Å². The zero-order chi connectivity index (χ0) is 32.4. The highest BCUT2D eigenvalue weighted by Crippen LogP contribution is 2.46. The Kier molecular flexibility index (Phi) is 7.22. The molecule has 1 aliphatic carbocycles. The van der Waals surface area contributed by atoms with Crippen molar-refractivity contribution in [1.29, 1.82) is 0 Å². The molecule has 2 aliphatic heterocycles. The number of benzene rings is 1. The monoisotopic (exact) mass is 634 g/mol. The lowest BCUT2D eigenvalue weighted by Crippen LogP contribution is -2.43. The summed E-state index contributed by atoms with van der Waals surface area (Å²) in [6.45, 7) is 5.09. The Labute approximate surface area is 263 Å². The molecule has 0 spiro atoms. The highest BCUT2D eigenvalue weighted by Gasteiger charge is 2.41. The molecule has 3 aromatic heterocycles. The lowest BCUT2D eigenvalue weighted by atomic mass is 9.97. The molecule has 4 aromatic rings. The number of aromatic nitrogens is 6. The first-order chi connectivity index (χ1) is 21.9. The normalized spacial score (nSPS) is 19.7. The summed E-state index contributed by atoms with van der Waals surface area (Å²) in [6.07, 6.45) is 1.80. The Bertz CT molecular complexity index is 1800. The van der Waals surface area contributed by atoms with Gasteiger partial charge in [0.05, 0.1) is 24.9 Å². The number of carbonyl (C=O) groups is 1. The Morgan fingerprint density at radius 3 is 2.48 bits per heavy atom. The molecule has 1 aromatic carbocycles. The van der Waals surface area contributed by atoms with Gasteiger partial charge in [-0.2, -0.15) is 13.2 Å². The fourth-order valence-electron chi connectivity index (χ4n) is 6.19. The number of ether oxygens (including phenoxy) is 2. The van der Waals surface area contributed by atoms with E-state index in [0.29, 0.717) is 40.8 Å². The number of amides is 1. The summed E-state index contributed by atoms with van der Waals surface area (Å²) in [7, 11) is 3.48. The number of likely N-dealkylation sites (N-methyl/N-ethyl adjacent to an activating group) is 1. The van der Waals surface area contributed by atoms with Crippen LogP contribution in [0, 0.1) is 0 Å². The van der Waals surface area contributed by atoms with Crippen molar-refractivity contribution in [2.24, 2.45) is 0 Å². The van der Waals surface area contributed by atoms with E-state index < -0.39 is 23.6 Å². The van der Waals surface area contributed by atoms with Crippen LogP contribution in [-0.2, 0) is 23.1 Å². The number of rotatable bonds is 7. The molecule has 7 rings (SSSR count). The first-order valence-corrected chi connectivity index (χ1v) is 15.1. The Balaban J connectivity index is 1.23. The van der Waals surface area contributed by atoms with Gasteiger partial charge >= 0.3 is 12.3 Å². The maximum atomic E-state index is 13.7. The molecule has 46 heavy (non-hydrogen) atoms. The number of cyclic esters (lactones) is 1. The van der Waals surface area contributed by atoms with E-state index in [2.05, 4.69) is 24.8 Å². The number of fused-ring (bicyclic) bond motifs is 1. The number of methoxy groups -OCH3 is 1. The molecule has 1 unspecified atom stereocenters. The number of carbonyl (C=O) groups excluding carboxylic acids is 1. The second-order valence-corrected chi connectivity index (χ2v) is 12.6. The van der Waals surface area contributed by atoms with E-state index in [1.807, 2.05) is 7.05 Å². The van der Waals surface area contributed by atoms with Crippen LogP contribution in [0.5, 0.6) is 5.88 Å². The van der Waals surface area contributed by atoms with E-state index in [9.17, 15) is 18.0 Å². The van der Waals surface area contributed by atoms with Crippen molar-refractivity contribution in [3.8, 4) is 28.7 Å². The van der Waals surface area contributed by atoms with Gasteiger partial charge in [-0.25, -0.2) is 29.7 Å². The fourth-order valence-corrected chi connectivity index (χ4v) is 6.19. The highest BCUT2D eigenvalue weighted by atomic mass is 19.4. The Morgan fingerprint density at radius 1 is 1.07 bits per heavy atom. The van der Waals surface area contributed by atoms with Gasteiger partial charge in [0.2, 0.25) is 5.88 Å². The summed E-state index contributed by atoms with van der Waals surface area (Å²) in [5.74, 6) is 1.60. The van der Waals surface area contributed by atoms with E-state index in [0.717, 1.165) is 43.3 Å². The van der Waals surface area contributed by atoms with Crippen molar-refractivity contribution in [2.45, 2.75) is 63.4 Å². The number of alkyl halides is 3. The van der Waals surface area contributed by atoms with Gasteiger partial charge in [0.1, 0.15) is 29.1 Å². The first-order valence-electron chi connectivity index (χ1n) is 15.1. The van der Waals surface area contributed by atoms with Crippen molar-refractivity contribution in [1.82, 2.24) is 34.4 Å². The summed E-state index contributed by atoms with van der Waals surface area (Å²) < 4.78 is 54.0. The van der Waals surface area contributed by atoms with Crippen molar-refractivity contribution in [2.75, 3.05) is 32.1 Å². The molecule has 3 aliphatic rings. The van der Waals surface area contributed by atoms with Crippen LogP contribution in [0.25, 0.3) is 22.8 Å². The molecule has 5 heterocycles. The third-order valence-electron chi connectivity index (χ3n) is 8.79. The van der Waals surface area contributed by atoms with Crippen LogP contribution in [0.4, 0.5) is 23.8 Å². The first kappa shape index (κ1) is 30.1. The van der Waals surface area contributed by atoms with Crippen LogP contribution < -0.4 is 9.64 Å². The van der Waals surface area contributed by atoms with Gasteiger partial charge in [-0.3, -0.25) is 4.90 Å². The summed E-state index contributed by atoms with van der Waals surface area (Å²) >= 11 is 0. The minimum absolute atomic E-state index is 0.103. The molecule has 1 amide bonds. The quantitative estimate of drug-likeness (QED) is 0.243. The van der Waals surface area contributed by atoms with Crippen LogP contribution in [0.1, 0.15) is 67.6 Å². The third-order valence-corrected chi connectivity index (χ3v) is 8.79. The minimum Gasteiger partial charge on any atom is -0.480 e. The zero-order valence-corrected chi connectivity index (χ0v) is 25.9. The van der Waals surface area contributed by atoms with Gasteiger partial charge in [0.15, 0.2) is 11.5 Å². The lowest BCUT2D eigenvalue weighted by molar-refractivity contribution is -0.140. The molecule has 1 saturated heterocycles. The van der Waals surface area contributed by atoms with E-state index >= 15 is 0 Å². The van der Waals surface area contributed by atoms with E-state index in [-0.39, 0.29) is 24.3 Å². The maximum Gasteiger partial charge on any atom is 0.434 e. The maximum absolute atomic E-state index is 13.7. The van der Waals surface area contributed by atoms with Crippen LogP contribution >= 0.6 is 0 Å². The molecule has 240 valence electrons. The van der Waals surface area contributed by atoms with E-state index in [4.69, 9.17) is 14.5 Å². The number of likely N-dealkylation sites (tertiary alicyclic amines) is 1. The number of nitrogens with zero attached hydrogens (tertiary/aromatic N) is 8. The number of hydrogen-bond acceptors (Lipinski definition) is 9. The molecule has 11 nitrogen and oxygen atoms in total. The minimum atomic E-state index is -4.56. The van der Waals surface area contributed by atoms with Crippen molar-refractivity contribution < 1.29 is 27.4 Å². The molecular formula is C32H33F3N8O3. The van der Waals surface area contributed by atoms with Crippen LogP contribution in [0.2, 0.25) is 0 Å². The summed E-state index contributed by atoms with van der Waals surface area (Å²) in [4.78, 5) is 39.2. The van der Waals surface area contributed by atoms with Gasteiger partial charge in [-0.15, -0.1) is 0 Å². The molecular weight excluding hydrogens is 601 g/mol. The largest absolute Gasteiger partial charge is 0.480 e. The molecule has 0 radical (unpaired) electrons. The second kappa shape index (κ2) is 11.0. The van der Waals surface area contributed by atoms with Crippen LogP contribution in [0.3, 0.4) is 0 Å². The van der Waals surface area contributed by atoms with E-state index in [1.54, 1.807) is 48.9 Å². The number of anilines is 1. The number of halogens is 3.